The van der Waals surface area contributed by atoms with E-state index in [0.717, 1.165) is 23.9 Å². The van der Waals surface area contributed by atoms with Crippen LogP contribution in [0.5, 0.6) is 0 Å². The van der Waals surface area contributed by atoms with Gasteiger partial charge >= 0.3 is 0 Å². The van der Waals surface area contributed by atoms with Crippen LogP contribution in [0.3, 0.4) is 0 Å². The molecule has 0 radical (unpaired) electrons. The second-order valence-corrected chi connectivity index (χ2v) is 6.67. The Morgan fingerprint density at radius 2 is 2.00 bits per heavy atom. The Morgan fingerprint density at radius 1 is 1.23 bits per heavy atom. The van der Waals surface area contributed by atoms with Crippen molar-refractivity contribution in [2.75, 3.05) is 0 Å². The van der Waals surface area contributed by atoms with Crippen molar-refractivity contribution < 1.29 is 13.2 Å². The summed E-state index contributed by atoms with van der Waals surface area (Å²) in [4.78, 5) is 6.68. The first kappa shape index (κ1) is 18.3. The van der Waals surface area contributed by atoms with Gasteiger partial charge in [-0.15, -0.1) is 0 Å². The van der Waals surface area contributed by atoms with E-state index in [0.29, 0.717) is 12.3 Å². The summed E-state index contributed by atoms with van der Waals surface area (Å²) in [6.07, 6.45) is 3.81. The van der Waals surface area contributed by atoms with Crippen molar-refractivity contribution in [1.82, 2.24) is 19.7 Å². The Morgan fingerprint density at radius 3 is 2.62 bits per heavy atom. The molecule has 26 heavy (non-hydrogen) atoms. The first-order valence-electron chi connectivity index (χ1n) is 8.46. The lowest BCUT2D eigenvalue weighted by Gasteiger charge is -2.25. The van der Waals surface area contributed by atoms with Crippen LogP contribution in [0.4, 0.5) is 8.78 Å². The van der Waals surface area contributed by atoms with Crippen LogP contribution in [0.2, 0.25) is 0 Å². The molecule has 0 saturated carbocycles. The van der Waals surface area contributed by atoms with E-state index in [1.165, 1.54) is 12.1 Å². The fraction of sp³-hybridized carbons (Fsp3) is 0.368. The van der Waals surface area contributed by atoms with Gasteiger partial charge in [-0.2, -0.15) is 5.10 Å². The first-order valence-corrected chi connectivity index (χ1v) is 8.46. The minimum atomic E-state index is -0.686. The molecule has 0 saturated heterocycles. The zero-order chi connectivity index (χ0) is 18.8. The molecule has 5 nitrogen and oxygen atoms in total. The van der Waals surface area contributed by atoms with Crippen LogP contribution >= 0.6 is 0 Å². The molecule has 0 amide bonds. The normalized spacial score (nSPS) is 11.7. The molecule has 0 fully saturated rings. The Hall–Kier alpha value is -2.54. The van der Waals surface area contributed by atoms with Crippen molar-refractivity contribution >= 4 is 0 Å². The lowest BCUT2D eigenvalue weighted by atomic mass is 10.2. The second kappa shape index (κ2) is 7.37. The van der Waals surface area contributed by atoms with Gasteiger partial charge in [0.2, 0.25) is 5.89 Å². The van der Waals surface area contributed by atoms with Crippen molar-refractivity contribution in [3.8, 4) is 11.5 Å². The molecule has 2 heterocycles. The standard InChI is InChI=1S/C19H22F2N4O/c1-12(2)25(10-14-8-22-24(4)9-14)11-18-13(3)26-19(23-18)16-6-5-15(20)7-17(16)21/h5-9,12H,10-11H2,1-4H3. The first-order chi connectivity index (χ1) is 12.3. The molecule has 2 aromatic heterocycles. The van der Waals surface area contributed by atoms with E-state index in [2.05, 4.69) is 28.8 Å². The van der Waals surface area contributed by atoms with Gasteiger partial charge in [0, 0.05) is 44.0 Å². The molecular weight excluding hydrogens is 338 g/mol. The average Bonchev–Trinajstić information content (AvgIpc) is 3.12. The molecule has 0 spiro atoms. The molecule has 0 aliphatic heterocycles. The molecule has 0 aliphatic rings. The third-order valence-corrected chi connectivity index (χ3v) is 4.28. The summed E-state index contributed by atoms with van der Waals surface area (Å²) in [7, 11) is 1.88. The third-order valence-electron chi connectivity index (χ3n) is 4.28. The van der Waals surface area contributed by atoms with Gasteiger partial charge in [0.05, 0.1) is 17.5 Å². The Bertz CT molecular complexity index is 901. The number of hydrogen-bond donors (Lipinski definition) is 0. The van der Waals surface area contributed by atoms with Gasteiger partial charge in [0.1, 0.15) is 17.4 Å². The number of benzene rings is 1. The zero-order valence-corrected chi connectivity index (χ0v) is 15.3. The number of nitrogens with zero attached hydrogens (tertiary/aromatic N) is 4. The van der Waals surface area contributed by atoms with Gasteiger partial charge in [-0.3, -0.25) is 9.58 Å². The maximum Gasteiger partial charge on any atom is 0.229 e. The highest BCUT2D eigenvalue weighted by Crippen LogP contribution is 2.26. The van der Waals surface area contributed by atoms with Crippen LogP contribution in [-0.2, 0) is 20.1 Å². The van der Waals surface area contributed by atoms with E-state index in [1.807, 2.05) is 19.4 Å². The molecular formula is C19H22F2N4O. The molecule has 1 aromatic carbocycles. The predicted octanol–water partition coefficient (Wildman–Crippen LogP) is 4.07. The highest BCUT2D eigenvalue weighted by atomic mass is 19.1. The highest BCUT2D eigenvalue weighted by molar-refractivity contribution is 5.54. The number of aromatic nitrogens is 3. The van der Waals surface area contributed by atoms with Gasteiger partial charge in [0.15, 0.2) is 0 Å². The summed E-state index contributed by atoms with van der Waals surface area (Å²) in [5, 5.41) is 4.20. The maximum atomic E-state index is 14.0. The van der Waals surface area contributed by atoms with Gasteiger partial charge in [-0.05, 0) is 32.9 Å². The number of oxazole rings is 1. The van der Waals surface area contributed by atoms with Gasteiger partial charge in [-0.25, -0.2) is 13.8 Å². The fourth-order valence-electron chi connectivity index (χ4n) is 2.75. The minimum Gasteiger partial charge on any atom is -0.441 e. The van der Waals surface area contributed by atoms with E-state index in [9.17, 15) is 8.78 Å². The molecule has 138 valence electrons. The van der Waals surface area contributed by atoms with Crippen LogP contribution in [0.25, 0.3) is 11.5 Å². The molecule has 3 rings (SSSR count). The number of hydrogen-bond acceptors (Lipinski definition) is 4. The molecule has 7 heteroatoms. The van der Waals surface area contributed by atoms with E-state index in [4.69, 9.17) is 4.42 Å². The van der Waals surface area contributed by atoms with E-state index in [1.54, 1.807) is 11.6 Å². The van der Waals surface area contributed by atoms with Crippen LogP contribution in [0.1, 0.15) is 30.9 Å². The number of halogens is 2. The summed E-state index contributed by atoms with van der Waals surface area (Å²) < 4.78 is 34.5. The van der Waals surface area contributed by atoms with Crippen LogP contribution in [0, 0.1) is 18.6 Å². The molecule has 0 bridgehead atoms. The van der Waals surface area contributed by atoms with Gasteiger partial charge in [-0.1, -0.05) is 0 Å². The van der Waals surface area contributed by atoms with Crippen molar-refractivity contribution in [1.29, 1.82) is 0 Å². The van der Waals surface area contributed by atoms with Gasteiger partial charge in [0.25, 0.3) is 0 Å². The smallest absolute Gasteiger partial charge is 0.229 e. The Balaban J connectivity index is 1.83. The van der Waals surface area contributed by atoms with E-state index < -0.39 is 11.6 Å². The maximum absolute atomic E-state index is 14.0. The fourth-order valence-corrected chi connectivity index (χ4v) is 2.75. The summed E-state index contributed by atoms with van der Waals surface area (Å²) in [5.74, 6) is -0.522. The van der Waals surface area contributed by atoms with Crippen molar-refractivity contribution in [2.24, 2.45) is 7.05 Å². The summed E-state index contributed by atoms with van der Waals surface area (Å²) in [6.45, 7) is 7.29. The van der Waals surface area contributed by atoms with Crippen molar-refractivity contribution in [2.45, 2.75) is 39.9 Å². The van der Waals surface area contributed by atoms with Crippen molar-refractivity contribution in [3.05, 3.63) is 59.2 Å². The minimum absolute atomic E-state index is 0.157. The Kier molecular flexibility index (Phi) is 5.18. The number of aryl methyl sites for hydroxylation is 2. The lowest BCUT2D eigenvalue weighted by Crippen LogP contribution is -2.30. The third kappa shape index (κ3) is 3.99. The van der Waals surface area contributed by atoms with Crippen LogP contribution in [-0.4, -0.2) is 25.7 Å². The zero-order valence-electron chi connectivity index (χ0n) is 15.3. The molecule has 0 N–H and O–H groups in total. The SMILES string of the molecule is Cc1oc(-c2ccc(F)cc2F)nc1CN(Cc1cnn(C)c1)C(C)C. The topological polar surface area (TPSA) is 47.1 Å². The molecule has 0 atom stereocenters. The van der Waals surface area contributed by atoms with Gasteiger partial charge < -0.3 is 4.42 Å². The largest absolute Gasteiger partial charge is 0.441 e. The summed E-state index contributed by atoms with van der Waals surface area (Å²) >= 11 is 0. The number of rotatable bonds is 6. The van der Waals surface area contributed by atoms with Crippen LogP contribution in [0.15, 0.2) is 35.0 Å². The lowest BCUT2D eigenvalue weighted by molar-refractivity contribution is 0.200. The monoisotopic (exact) mass is 360 g/mol. The van der Waals surface area contributed by atoms with Crippen molar-refractivity contribution in [3.63, 3.8) is 0 Å². The van der Waals surface area contributed by atoms with E-state index >= 15 is 0 Å². The average molecular weight is 360 g/mol. The molecule has 0 unspecified atom stereocenters. The van der Waals surface area contributed by atoms with E-state index in [-0.39, 0.29) is 17.5 Å². The molecule has 3 aromatic rings. The molecule has 0 aliphatic carbocycles. The van der Waals surface area contributed by atoms with Crippen LogP contribution < -0.4 is 0 Å². The summed E-state index contributed by atoms with van der Waals surface area (Å²) in [6, 6.07) is 3.64. The summed E-state index contributed by atoms with van der Waals surface area (Å²) in [5.41, 5.74) is 2.00. The highest BCUT2D eigenvalue weighted by Gasteiger charge is 2.19. The second-order valence-electron chi connectivity index (χ2n) is 6.67. The quantitative estimate of drug-likeness (QED) is 0.665. The predicted molar refractivity (Wildman–Crippen MR) is 94.2 cm³/mol. The Labute approximate surface area is 151 Å².